The highest BCUT2D eigenvalue weighted by Gasteiger charge is 2.62. The second kappa shape index (κ2) is 10.9. The Labute approximate surface area is 266 Å². The molecule has 1 saturated carbocycles. The van der Waals surface area contributed by atoms with Gasteiger partial charge in [-0.3, -0.25) is 49.2 Å². The van der Waals surface area contributed by atoms with E-state index in [1.165, 1.54) is 67.8 Å². The molecule has 6 unspecified atom stereocenters. The lowest BCUT2D eigenvalue weighted by Crippen LogP contribution is -2.43. The molecule has 1 N–H and O–H groups in total. The lowest BCUT2D eigenvalue weighted by Gasteiger charge is -2.44. The molecule has 2 heterocycles. The number of ether oxygens (including phenoxy) is 1. The molecule has 0 spiro atoms. The molecule has 6 atom stereocenters. The molecule has 0 bridgehead atoms. The minimum Gasteiger partial charge on any atom is -0.508 e. The molecule has 3 aromatic rings. The Morgan fingerprint density at radius 1 is 0.723 bits per heavy atom. The Bertz CT molecular complexity index is 1920. The summed E-state index contributed by atoms with van der Waals surface area (Å²) in [5, 5.41) is 32.6. The van der Waals surface area contributed by atoms with Gasteiger partial charge < -0.3 is 9.84 Å². The van der Waals surface area contributed by atoms with Crippen LogP contribution < -0.4 is 14.5 Å². The van der Waals surface area contributed by atoms with Crippen LogP contribution in [0.3, 0.4) is 0 Å². The van der Waals surface area contributed by atoms with E-state index in [0.717, 1.165) is 9.80 Å². The number of nitro benzene ring substituents is 2. The van der Waals surface area contributed by atoms with Gasteiger partial charge >= 0.3 is 0 Å². The van der Waals surface area contributed by atoms with Gasteiger partial charge in [-0.15, -0.1) is 0 Å². The number of carbonyl (C=O) groups is 4. The summed E-state index contributed by atoms with van der Waals surface area (Å²) < 4.78 is 5.60. The van der Waals surface area contributed by atoms with E-state index in [-0.39, 0.29) is 47.1 Å². The Kier molecular flexibility index (Phi) is 6.88. The van der Waals surface area contributed by atoms with Crippen molar-refractivity contribution in [3.05, 3.63) is 104 Å². The average Bonchev–Trinajstić information content (AvgIpc) is 3.47. The topological polar surface area (TPSA) is 190 Å². The molecule has 2 aliphatic carbocycles. The third-order valence-corrected chi connectivity index (χ3v) is 9.84. The number of non-ortho nitro benzene ring substituents is 2. The van der Waals surface area contributed by atoms with Crippen LogP contribution in [0.15, 0.2) is 78.4 Å². The zero-order chi connectivity index (χ0) is 33.3. The number of imide groups is 2. The minimum atomic E-state index is -0.923. The number of aromatic hydroxyl groups is 1. The van der Waals surface area contributed by atoms with Gasteiger partial charge in [-0.2, -0.15) is 0 Å². The number of amides is 4. The standard InChI is InChI=1S/C33H26N4O10/c1-47-26-14-20(38)10-11-22(26)27-21-12-13-23-28(32(41)34(30(23)39)16-2-6-18(7-3-16)36(43)44)24(21)15-25-29(27)33(42)35(31(25)40)17-4-8-19(9-5-17)37(45)46/h2-12,14,23-25,27-29,38H,13,15H2,1H3. The number of carbonyl (C=O) groups excluding carboxylic acids is 4. The maximum atomic E-state index is 14.2. The first kappa shape index (κ1) is 29.8. The van der Waals surface area contributed by atoms with Crippen LogP contribution in [0.25, 0.3) is 0 Å². The number of hydrogen-bond acceptors (Lipinski definition) is 10. The summed E-state index contributed by atoms with van der Waals surface area (Å²) in [4.78, 5) is 79.5. The molecule has 14 nitrogen and oxygen atoms in total. The van der Waals surface area contributed by atoms with Crippen LogP contribution >= 0.6 is 0 Å². The van der Waals surface area contributed by atoms with Crippen molar-refractivity contribution in [2.75, 3.05) is 16.9 Å². The molecule has 14 heteroatoms. The average molecular weight is 639 g/mol. The minimum absolute atomic E-state index is 0.0798. The number of allylic oxidation sites excluding steroid dienone is 2. The van der Waals surface area contributed by atoms with Crippen molar-refractivity contribution in [1.29, 1.82) is 0 Å². The van der Waals surface area contributed by atoms with Crippen LogP contribution in [0.5, 0.6) is 11.5 Å². The molecule has 0 radical (unpaired) electrons. The van der Waals surface area contributed by atoms with Crippen molar-refractivity contribution >= 4 is 46.4 Å². The number of benzene rings is 3. The van der Waals surface area contributed by atoms with Gasteiger partial charge in [-0.1, -0.05) is 17.7 Å². The van der Waals surface area contributed by atoms with Crippen molar-refractivity contribution in [1.82, 2.24) is 0 Å². The quantitative estimate of drug-likeness (QED) is 0.177. The van der Waals surface area contributed by atoms with Gasteiger partial charge in [0.05, 0.1) is 52.0 Å². The first-order valence-corrected chi connectivity index (χ1v) is 14.8. The first-order valence-electron chi connectivity index (χ1n) is 14.8. The van der Waals surface area contributed by atoms with Gasteiger partial charge in [0.1, 0.15) is 11.5 Å². The van der Waals surface area contributed by atoms with E-state index in [1.807, 2.05) is 6.08 Å². The Morgan fingerprint density at radius 3 is 1.79 bits per heavy atom. The molecule has 3 fully saturated rings. The maximum Gasteiger partial charge on any atom is 0.269 e. The van der Waals surface area contributed by atoms with Crippen molar-refractivity contribution in [3.8, 4) is 11.5 Å². The van der Waals surface area contributed by atoms with E-state index >= 15 is 0 Å². The van der Waals surface area contributed by atoms with Gasteiger partial charge in [-0.25, -0.2) is 0 Å². The van der Waals surface area contributed by atoms with E-state index in [9.17, 15) is 44.5 Å². The van der Waals surface area contributed by atoms with Gasteiger partial charge in [0.2, 0.25) is 23.6 Å². The van der Waals surface area contributed by atoms with Gasteiger partial charge in [-0.05, 0) is 49.1 Å². The molecule has 4 aliphatic rings. The highest BCUT2D eigenvalue weighted by molar-refractivity contribution is 6.24. The van der Waals surface area contributed by atoms with E-state index in [4.69, 9.17) is 4.74 Å². The van der Waals surface area contributed by atoms with Gasteiger partial charge in [0.25, 0.3) is 11.4 Å². The lowest BCUT2D eigenvalue weighted by atomic mass is 9.57. The van der Waals surface area contributed by atoms with Crippen molar-refractivity contribution in [2.45, 2.75) is 18.8 Å². The summed E-state index contributed by atoms with van der Waals surface area (Å²) in [5.41, 5.74) is 1.19. The van der Waals surface area contributed by atoms with Gasteiger partial charge in [0, 0.05) is 41.8 Å². The Balaban J connectivity index is 1.32. The van der Waals surface area contributed by atoms with Crippen molar-refractivity contribution < 1.29 is 38.9 Å². The third kappa shape index (κ3) is 4.47. The molecular weight excluding hydrogens is 612 g/mol. The van der Waals surface area contributed by atoms with Crippen LogP contribution in [0.2, 0.25) is 0 Å². The maximum absolute atomic E-state index is 14.2. The number of anilines is 2. The molecule has 7 rings (SSSR count). The molecule has 47 heavy (non-hydrogen) atoms. The zero-order valence-electron chi connectivity index (χ0n) is 24.7. The van der Waals surface area contributed by atoms with Crippen molar-refractivity contribution in [2.24, 2.45) is 29.6 Å². The smallest absolute Gasteiger partial charge is 0.269 e. The fraction of sp³-hybridized carbons (Fsp3) is 0.273. The summed E-state index contributed by atoms with van der Waals surface area (Å²) in [7, 11) is 1.41. The Hall–Kier alpha value is -5.92. The molecular formula is C33H26N4O10. The number of nitro groups is 2. The number of phenolic OH excluding ortho intramolecular Hbond substituents is 1. The summed E-state index contributed by atoms with van der Waals surface area (Å²) in [5.74, 6) is -6.61. The van der Waals surface area contributed by atoms with Crippen LogP contribution in [0, 0.1) is 49.8 Å². The predicted molar refractivity (Wildman–Crippen MR) is 163 cm³/mol. The van der Waals surface area contributed by atoms with Gasteiger partial charge in [0.15, 0.2) is 0 Å². The molecule has 3 aromatic carbocycles. The summed E-state index contributed by atoms with van der Waals surface area (Å²) in [6.07, 6.45) is 2.14. The van der Waals surface area contributed by atoms with E-state index in [0.29, 0.717) is 11.1 Å². The van der Waals surface area contributed by atoms with E-state index in [2.05, 4.69) is 0 Å². The summed E-state index contributed by atoms with van der Waals surface area (Å²) in [6, 6.07) is 14.7. The number of hydrogen-bond donors (Lipinski definition) is 1. The second-order valence-corrected chi connectivity index (χ2v) is 12.0. The summed E-state index contributed by atoms with van der Waals surface area (Å²) in [6.45, 7) is 0. The SMILES string of the molecule is COc1cc(O)ccc1C1C2=CCC3C(=O)N(c4ccc([N+](=O)[O-])cc4)C(=O)C3C2CC2C(=O)N(c3ccc([N+](=O)[O-])cc3)C(=O)C21. The number of rotatable bonds is 6. The van der Waals surface area contributed by atoms with Crippen molar-refractivity contribution in [3.63, 3.8) is 0 Å². The van der Waals surface area contributed by atoms with Crippen LogP contribution in [0.1, 0.15) is 24.3 Å². The fourth-order valence-electron chi connectivity index (χ4n) is 7.85. The van der Waals surface area contributed by atoms with Crippen LogP contribution in [-0.4, -0.2) is 45.7 Å². The number of phenols is 1. The van der Waals surface area contributed by atoms with Crippen LogP contribution in [-0.2, 0) is 19.2 Å². The molecule has 2 aliphatic heterocycles. The number of methoxy groups -OCH3 is 1. The monoisotopic (exact) mass is 638 g/mol. The van der Waals surface area contributed by atoms with Crippen LogP contribution in [0.4, 0.5) is 22.7 Å². The van der Waals surface area contributed by atoms with E-state index in [1.54, 1.807) is 6.07 Å². The Morgan fingerprint density at radius 2 is 1.26 bits per heavy atom. The molecule has 238 valence electrons. The third-order valence-electron chi connectivity index (χ3n) is 9.84. The summed E-state index contributed by atoms with van der Waals surface area (Å²) >= 11 is 0. The second-order valence-electron chi connectivity index (χ2n) is 12.0. The predicted octanol–water partition coefficient (Wildman–Crippen LogP) is 4.26. The highest BCUT2D eigenvalue weighted by atomic mass is 16.6. The largest absolute Gasteiger partial charge is 0.508 e. The first-order chi connectivity index (χ1) is 22.5. The lowest BCUT2D eigenvalue weighted by molar-refractivity contribution is -0.385. The number of fused-ring (bicyclic) bond motifs is 4. The number of nitrogens with zero attached hydrogens (tertiary/aromatic N) is 4. The molecule has 4 amide bonds. The molecule has 0 aromatic heterocycles. The normalized spacial score (nSPS) is 26.4. The van der Waals surface area contributed by atoms with E-state index < -0.39 is 69.0 Å². The highest BCUT2D eigenvalue weighted by Crippen LogP contribution is 2.59. The molecule has 2 saturated heterocycles. The fourth-order valence-corrected chi connectivity index (χ4v) is 7.85. The zero-order valence-corrected chi connectivity index (χ0v) is 24.7.